The van der Waals surface area contributed by atoms with Gasteiger partial charge < -0.3 is 9.80 Å². The van der Waals surface area contributed by atoms with Crippen LogP contribution in [0.1, 0.15) is 37.3 Å². The van der Waals surface area contributed by atoms with E-state index in [4.69, 9.17) is 0 Å². The molecule has 5 heteroatoms. The number of nitrogens with zero attached hydrogens (tertiary/aromatic N) is 2. The van der Waals surface area contributed by atoms with Gasteiger partial charge in [-0.2, -0.15) is 5.10 Å². The van der Waals surface area contributed by atoms with Crippen LogP contribution in [0, 0.1) is 0 Å². The number of hydrazone groups is 1. The molecule has 0 saturated carbocycles. The summed E-state index contributed by atoms with van der Waals surface area (Å²) < 4.78 is 0. The lowest BCUT2D eigenvalue weighted by atomic mass is 10.0. The summed E-state index contributed by atoms with van der Waals surface area (Å²) in [5, 5.41) is 4.09. The molecule has 2 N–H and O–H groups in total. The highest BCUT2D eigenvalue weighted by Gasteiger charge is 2.20. The minimum Gasteiger partial charge on any atom is -0.360 e. The average Bonchev–Trinajstić information content (AvgIpc) is 2.73. The Morgan fingerprint density at radius 3 is 2.43 bits per heavy atom. The maximum Gasteiger partial charge on any atom is 0.245 e. The van der Waals surface area contributed by atoms with Gasteiger partial charge in [0.25, 0.3) is 0 Å². The SMILES string of the molecule is CC(C)c1ccc(/C=N\NC(=O)CC[NH+]2CCN(c3ccccc3)CC2)cc1. The summed E-state index contributed by atoms with van der Waals surface area (Å²) in [7, 11) is 0. The minimum atomic E-state index is -0.0203. The van der Waals surface area contributed by atoms with Crippen molar-refractivity contribution < 1.29 is 9.69 Å². The van der Waals surface area contributed by atoms with Crippen molar-refractivity contribution in [3.05, 3.63) is 65.7 Å². The topological polar surface area (TPSA) is 49.1 Å². The van der Waals surface area contributed by atoms with Crippen LogP contribution in [0.25, 0.3) is 0 Å². The molecule has 0 unspecified atom stereocenters. The van der Waals surface area contributed by atoms with E-state index in [1.54, 1.807) is 6.21 Å². The van der Waals surface area contributed by atoms with Gasteiger partial charge in [0.15, 0.2) is 0 Å². The first kappa shape index (κ1) is 20.1. The maximum absolute atomic E-state index is 12.1. The summed E-state index contributed by atoms with van der Waals surface area (Å²) in [6.07, 6.45) is 2.21. The van der Waals surface area contributed by atoms with E-state index >= 15 is 0 Å². The van der Waals surface area contributed by atoms with Crippen LogP contribution in [-0.2, 0) is 4.79 Å². The van der Waals surface area contributed by atoms with E-state index in [9.17, 15) is 4.79 Å². The molecule has 0 aliphatic carbocycles. The van der Waals surface area contributed by atoms with Crippen molar-refractivity contribution in [3.63, 3.8) is 0 Å². The molecule has 0 bridgehead atoms. The molecule has 0 atom stereocenters. The Labute approximate surface area is 168 Å². The van der Waals surface area contributed by atoms with Crippen molar-refractivity contribution in [2.45, 2.75) is 26.2 Å². The molecule has 0 radical (unpaired) electrons. The molecular formula is C23H31N4O+. The summed E-state index contributed by atoms with van der Waals surface area (Å²) in [5.74, 6) is 0.496. The molecule has 1 aliphatic rings. The standard InChI is InChI=1S/C23H30N4O/c1-19(2)21-10-8-20(9-11-21)18-24-25-23(28)12-13-26-14-16-27(17-15-26)22-6-4-3-5-7-22/h3-11,18-19H,12-17H2,1-2H3,(H,25,28)/p+1/b24-18-. The van der Waals surface area contributed by atoms with Gasteiger partial charge in [-0.3, -0.25) is 4.79 Å². The largest absolute Gasteiger partial charge is 0.360 e. The number of hydrogen-bond acceptors (Lipinski definition) is 3. The third-order valence-corrected chi connectivity index (χ3v) is 5.30. The first-order valence-corrected chi connectivity index (χ1v) is 10.2. The fraction of sp³-hybridized carbons (Fsp3) is 0.391. The van der Waals surface area contributed by atoms with E-state index in [0.717, 1.165) is 38.3 Å². The average molecular weight is 380 g/mol. The second-order valence-corrected chi connectivity index (χ2v) is 7.69. The fourth-order valence-electron chi connectivity index (χ4n) is 3.46. The van der Waals surface area contributed by atoms with Crippen molar-refractivity contribution in [2.24, 2.45) is 5.10 Å². The number of hydrogen-bond donors (Lipinski definition) is 2. The number of carbonyl (C=O) groups excluding carboxylic acids is 1. The molecule has 28 heavy (non-hydrogen) atoms. The van der Waals surface area contributed by atoms with E-state index in [1.165, 1.54) is 16.2 Å². The van der Waals surface area contributed by atoms with E-state index in [0.29, 0.717) is 12.3 Å². The van der Waals surface area contributed by atoms with Crippen LogP contribution in [0.15, 0.2) is 59.7 Å². The number of quaternary nitrogens is 1. The van der Waals surface area contributed by atoms with E-state index < -0.39 is 0 Å². The Balaban J connectivity index is 1.35. The molecule has 0 aromatic heterocycles. The minimum absolute atomic E-state index is 0.0203. The van der Waals surface area contributed by atoms with Gasteiger partial charge in [-0.15, -0.1) is 0 Å². The zero-order chi connectivity index (χ0) is 19.8. The molecule has 2 aromatic carbocycles. The van der Waals surface area contributed by atoms with Crippen molar-refractivity contribution in [1.82, 2.24) is 5.43 Å². The van der Waals surface area contributed by atoms with E-state index in [2.05, 4.69) is 65.7 Å². The lowest BCUT2D eigenvalue weighted by Crippen LogP contribution is -3.15. The molecule has 1 fully saturated rings. The van der Waals surface area contributed by atoms with E-state index in [1.807, 2.05) is 18.2 Å². The lowest BCUT2D eigenvalue weighted by molar-refractivity contribution is -0.900. The van der Waals surface area contributed by atoms with Crippen molar-refractivity contribution in [1.29, 1.82) is 0 Å². The van der Waals surface area contributed by atoms with Crippen LogP contribution in [0.3, 0.4) is 0 Å². The smallest absolute Gasteiger partial charge is 0.245 e. The van der Waals surface area contributed by atoms with Crippen LogP contribution in [0.2, 0.25) is 0 Å². The lowest BCUT2D eigenvalue weighted by Gasteiger charge is -2.33. The first-order chi connectivity index (χ1) is 13.6. The number of para-hydroxylation sites is 1. The molecule has 148 valence electrons. The molecular weight excluding hydrogens is 348 g/mol. The number of anilines is 1. The molecule has 5 nitrogen and oxygen atoms in total. The predicted octanol–water partition coefficient (Wildman–Crippen LogP) is 2.06. The predicted molar refractivity (Wildman–Crippen MR) is 115 cm³/mol. The quantitative estimate of drug-likeness (QED) is 0.571. The van der Waals surface area contributed by atoms with Crippen molar-refractivity contribution in [2.75, 3.05) is 37.6 Å². The molecule has 1 saturated heterocycles. The van der Waals surface area contributed by atoms with Gasteiger partial charge in [-0.05, 0) is 29.2 Å². The second-order valence-electron chi connectivity index (χ2n) is 7.69. The summed E-state index contributed by atoms with van der Waals surface area (Å²) in [6, 6.07) is 18.8. The second kappa shape index (κ2) is 10.0. The Morgan fingerprint density at radius 2 is 1.79 bits per heavy atom. The fourth-order valence-corrected chi connectivity index (χ4v) is 3.46. The molecule has 3 rings (SSSR count). The highest BCUT2D eigenvalue weighted by Crippen LogP contribution is 2.14. The number of carbonyl (C=O) groups is 1. The van der Waals surface area contributed by atoms with Gasteiger partial charge in [-0.25, -0.2) is 5.43 Å². The Bertz CT molecular complexity index is 763. The van der Waals surface area contributed by atoms with Gasteiger partial charge in [0.1, 0.15) is 0 Å². The Hall–Kier alpha value is -2.66. The van der Waals surface area contributed by atoms with Crippen LogP contribution in [0.4, 0.5) is 5.69 Å². The zero-order valence-corrected chi connectivity index (χ0v) is 16.9. The van der Waals surface area contributed by atoms with Crippen LogP contribution in [0.5, 0.6) is 0 Å². The number of amides is 1. The van der Waals surface area contributed by atoms with Gasteiger partial charge in [0.2, 0.25) is 5.91 Å². The third kappa shape index (κ3) is 5.92. The van der Waals surface area contributed by atoms with Crippen LogP contribution in [-0.4, -0.2) is 44.8 Å². The van der Waals surface area contributed by atoms with Crippen LogP contribution < -0.4 is 15.2 Å². The number of rotatable bonds is 7. The Morgan fingerprint density at radius 1 is 1.11 bits per heavy atom. The van der Waals surface area contributed by atoms with Crippen molar-refractivity contribution in [3.8, 4) is 0 Å². The third-order valence-electron chi connectivity index (χ3n) is 5.30. The molecule has 1 aliphatic heterocycles. The number of benzene rings is 2. The monoisotopic (exact) mass is 379 g/mol. The molecule has 0 spiro atoms. The molecule has 2 aromatic rings. The van der Waals surface area contributed by atoms with Gasteiger partial charge in [0.05, 0.1) is 45.4 Å². The number of nitrogens with one attached hydrogen (secondary N) is 2. The Kier molecular flexibility index (Phi) is 7.20. The summed E-state index contributed by atoms with van der Waals surface area (Å²) in [6.45, 7) is 9.39. The highest BCUT2D eigenvalue weighted by atomic mass is 16.2. The first-order valence-electron chi connectivity index (χ1n) is 10.2. The zero-order valence-electron chi connectivity index (χ0n) is 16.9. The highest BCUT2D eigenvalue weighted by molar-refractivity contribution is 5.82. The van der Waals surface area contributed by atoms with E-state index in [-0.39, 0.29) is 5.91 Å². The van der Waals surface area contributed by atoms with Crippen molar-refractivity contribution >= 4 is 17.8 Å². The van der Waals surface area contributed by atoms with Gasteiger partial charge in [-0.1, -0.05) is 56.3 Å². The van der Waals surface area contributed by atoms with Crippen LogP contribution >= 0.6 is 0 Å². The number of piperazine rings is 1. The maximum atomic E-state index is 12.1. The summed E-state index contributed by atoms with van der Waals surface area (Å²) in [4.78, 5) is 16.0. The molecule has 1 amide bonds. The van der Waals surface area contributed by atoms with Gasteiger partial charge in [0, 0.05) is 5.69 Å². The summed E-state index contributed by atoms with van der Waals surface area (Å²) in [5.41, 5.74) is 6.23. The van der Waals surface area contributed by atoms with Gasteiger partial charge >= 0.3 is 0 Å². The normalized spacial score (nSPS) is 15.3. The molecule has 1 heterocycles. The summed E-state index contributed by atoms with van der Waals surface area (Å²) >= 11 is 0.